The van der Waals surface area contributed by atoms with Crippen LogP contribution in [0.4, 0.5) is 4.79 Å². The fourth-order valence-electron chi connectivity index (χ4n) is 2.94. The fraction of sp³-hybridized carbons (Fsp3) is 0.524. The molecular weight excluding hydrogens is 390 g/mol. The Morgan fingerprint density at radius 1 is 1.20 bits per heavy atom. The lowest BCUT2D eigenvalue weighted by molar-refractivity contribution is -0.123. The van der Waals surface area contributed by atoms with Gasteiger partial charge in [-0.15, -0.1) is 0 Å². The number of hydrogen-bond acceptors (Lipinski definition) is 7. The van der Waals surface area contributed by atoms with Crippen LogP contribution in [0.2, 0.25) is 0 Å². The van der Waals surface area contributed by atoms with E-state index in [2.05, 4.69) is 15.6 Å². The summed E-state index contributed by atoms with van der Waals surface area (Å²) in [5.41, 5.74) is 0.624. The molecular formula is C21H29N3O6. The van der Waals surface area contributed by atoms with E-state index in [1.54, 1.807) is 60.6 Å². The maximum Gasteiger partial charge on any atom is 0.408 e. The van der Waals surface area contributed by atoms with Crippen molar-refractivity contribution in [2.75, 3.05) is 6.61 Å². The van der Waals surface area contributed by atoms with E-state index in [0.717, 1.165) is 5.56 Å². The zero-order valence-electron chi connectivity index (χ0n) is 18.4. The monoisotopic (exact) mass is 419 g/mol. The van der Waals surface area contributed by atoms with E-state index in [0.29, 0.717) is 23.1 Å². The number of benzene rings is 1. The van der Waals surface area contributed by atoms with Crippen LogP contribution in [0, 0.1) is 6.92 Å². The van der Waals surface area contributed by atoms with Crippen LogP contribution in [-0.4, -0.2) is 35.2 Å². The Bertz CT molecular complexity index is 993. The molecule has 9 heteroatoms. The minimum Gasteiger partial charge on any atom is -0.450 e. The number of aromatic nitrogens is 1. The largest absolute Gasteiger partial charge is 0.450 e. The topological polar surface area (TPSA) is 120 Å². The molecule has 0 saturated carbocycles. The molecule has 2 aromatic rings. The molecule has 164 valence electrons. The predicted molar refractivity (Wildman–Crippen MR) is 112 cm³/mol. The van der Waals surface area contributed by atoms with E-state index >= 15 is 0 Å². The number of amides is 2. The molecule has 1 unspecified atom stereocenters. The van der Waals surface area contributed by atoms with Gasteiger partial charge in [0.15, 0.2) is 0 Å². The highest BCUT2D eigenvalue weighted by Gasteiger charge is 2.23. The van der Waals surface area contributed by atoms with Gasteiger partial charge in [0.2, 0.25) is 5.91 Å². The average Bonchev–Trinajstić information content (AvgIpc) is 2.59. The van der Waals surface area contributed by atoms with E-state index < -0.39 is 29.4 Å². The minimum atomic E-state index is -0.802. The summed E-state index contributed by atoms with van der Waals surface area (Å²) in [6.07, 6.45) is -0.751. The first kappa shape index (κ1) is 23.2. The zero-order chi connectivity index (χ0) is 22.6. The molecule has 0 aliphatic heterocycles. The van der Waals surface area contributed by atoms with Gasteiger partial charge in [-0.3, -0.25) is 4.79 Å². The number of alkyl carbamates (subject to hydrolysis) is 1. The molecule has 0 radical (unpaired) electrons. The molecule has 2 rings (SSSR count). The van der Waals surface area contributed by atoms with Gasteiger partial charge in [0.1, 0.15) is 11.6 Å². The number of carbonyl (C=O) groups is 2. The van der Waals surface area contributed by atoms with Gasteiger partial charge in [0.05, 0.1) is 23.6 Å². The van der Waals surface area contributed by atoms with Gasteiger partial charge >= 0.3 is 17.8 Å². The van der Waals surface area contributed by atoms with Gasteiger partial charge in [-0.2, -0.15) is 4.98 Å². The highest BCUT2D eigenvalue weighted by atomic mass is 16.6. The van der Waals surface area contributed by atoms with E-state index in [-0.39, 0.29) is 12.0 Å². The zero-order valence-corrected chi connectivity index (χ0v) is 18.4. The standard InChI is InChI=1S/C21H29N3O6/c1-8-28-20-24-15-10-9-14(11(2)16(15)18(26)29-20)12(3)22-17(25)13(4)23-19(27)30-21(5,6)7/h9-10,12-13H,8H2,1-7H3,(H,22,25)(H,23,27)/t12?,13-/m0/s1. The summed E-state index contributed by atoms with van der Waals surface area (Å²) in [5, 5.41) is 5.67. The number of ether oxygens (including phenoxy) is 2. The van der Waals surface area contributed by atoms with Gasteiger partial charge in [0.25, 0.3) is 0 Å². The lowest BCUT2D eigenvalue weighted by Gasteiger charge is -2.23. The van der Waals surface area contributed by atoms with Crippen molar-refractivity contribution in [3.8, 4) is 6.08 Å². The van der Waals surface area contributed by atoms with Crippen molar-refractivity contribution in [1.82, 2.24) is 15.6 Å². The summed E-state index contributed by atoms with van der Waals surface area (Å²) >= 11 is 0. The molecule has 0 saturated heterocycles. The molecule has 0 bridgehead atoms. The first-order valence-corrected chi connectivity index (χ1v) is 9.80. The third kappa shape index (κ3) is 5.71. The lowest BCUT2D eigenvalue weighted by atomic mass is 9.99. The Hall–Kier alpha value is -3.10. The third-order valence-corrected chi connectivity index (χ3v) is 4.30. The van der Waals surface area contributed by atoms with Crippen molar-refractivity contribution in [1.29, 1.82) is 0 Å². The number of carbonyl (C=O) groups excluding carboxylic acids is 2. The average molecular weight is 419 g/mol. The summed E-state index contributed by atoms with van der Waals surface area (Å²) in [6.45, 7) is 12.4. The molecule has 9 nitrogen and oxygen atoms in total. The van der Waals surface area contributed by atoms with Crippen molar-refractivity contribution in [3.63, 3.8) is 0 Å². The van der Waals surface area contributed by atoms with Crippen LogP contribution in [0.15, 0.2) is 21.3 Å². The number of nitrogens with one attached hydrogen (secondary N) is 2. The number of hydrogen-bond donors (Lipinski definition) is 2. The number of rotatable bonds is 6. The maximum absolute atomic E-state index is 12.5. The second kappa shape index (κ2) is 9.15. The van der Waals surface area contributed by atoms with Crippen LogP contribution >= 0.6 is 0 Å². The van der Waals surface area contributed by atoms with Gasteiger partial charge < -0.3 is 24.5 Å². The Morgan fingerprint density at radius 3 is 2.47 bits per heavy atom. The van der Waals surface area contributed by atoms with Crippen molar-refractivity contribution < 1.29 is 23.5 Å². The first-order chi connectivity index (χ1) is 13.9. The number of nitrogens with zero attached hydrogens (tertiary/aromatic N) is 1. The van der Waals surface area contributed by atoms with Crippen LogP contribution in [-0.2, 0) is 9.53 Å². The Morgan fingerprint density at radius 2 is 1.87 bits per heavy atom. The molecule has 1 heterocycles. The highest BCUT2D eigenvalue weighted by molar-refractivity contribution is 5.86. The second-order valence-corrected chi connectivity index (χ2v) is 7.97. The van der Waals surface area contributed by atoms with E-state index in [1.165, 1.54) is 0 Å². The number of aryl methyl sites for hydroxylation is 1. The molecule has 2 amide bonds. The predicted octanol–water partition coefficient (Wildman–Crippen LogP) is 2.99. The van der Waals surface area contributed by atoms with Crippen LogP contribution in [0.5, 0.6) is 6.08 Å². The van der Waals surface area contributed by atoms with E-state index in [9.17, 15) is 14.4 Å². The Labute approximate surface area is 175 Å². The summed E-state index contributed by atoms with van der Waals surface area (Å²) in [5.74, 6) is -0.385. The van der Waals surface area contributed by atoms with Gasteiger partial charge in [-0.05, 0) is 65.7 Å². The normalized spacial score (nSPS) is 13.4. The second-order valence-electron chi connectivity index (χ2n) is 7.97. The molecule has 0 aliphatic carbocycles. The molecule has 0 fully saturated rings. The summed E-state index contributed by atoms with van der Waals surface area (Å²) in [7, 11) is 0. The molecule has 30 heavy (non-hydrogen) atoms. The molecule has 2 atom stereocenters. The van der Waals surface area contributed by atoms with Crippen molar-refractivity contribution in [2.45, 2.75) is 66.2 Å². The summed E-state index contributed by atoms with van der Waals surface area (Å²) in [6, 6.07) is 2.25. The summed E-state index contributed by atoms with van der Waals surface area (Å²) in [4.78, 5) is 41.0. The number of fused-ring (bicyclic) bond motifs is 1. The van der Waals surface area contributed by atoms with Gasteiger partial charge in [-0.1, -0.05) is 6.07 Å². The molecule has 0 aliphatic rings. The fourth-order valence-corrected chi connectivity index (χ4v) is 2.94. The van der Waals surface area contributed by atoms with Crippen LogP contribution in [0.25, 0.3) is 10.9 Å². The first-order valence-electron chi connectivity index (χ1n) is 9.80. The highest BCUT2D eigenvalue weighted by Crippen LogP contribution is 2.24. The van der Waals surface area contributed by atoms with Crippen molar-refractivity contribution >= 4 is 22.9 Å². The smallest absolute Gasteiger partial charge is 0.408 e. The molecule has 0 spiro atoms. The molecule has 2 N–H and O–H groups in total. The van der Waals surface area contributed by atoms with Crippen LogP contribution in [0.1, 0.15) is 58.7 Å². The van der Waals surface area contributed by atoms with E-state index in [1.807, 2.05) is 0 Å². The van der Waals surface area contributed by atoms with E-state index in [4.69, 9.17) is 13.9 Å². The summed E-state index contributed by atoms with van der Waals surface area (Å²) < 4.78 is 15.4. The SMILES string of the molecule is CCOc1nc2ccc(C(C)NC(=O)[C@H](C)NC(=O)OC(C)(C)C)c(C)c2c(=O)o1. The molecule has 1 aromatic carbocycles. The van der Waals surface area contributed by atoms with Crippen LogP contribution in [0.3, 0.4) is 0 Å². The maximum atomic E-state index is 12.5. The van der Waals surface area contributed by atoms with Crippen molar-refractivity contribution in [3.05, 3.63) is 33.7 Å². The third-order valence-electron chi connectivity index (χ3n) is 4.30. The Balaban J connectivity index is 2.17. The van der Waals surface area contributed by atoms with Crippen molar-refractivity contribution in [2.24, 2.45) is 0 Å². The van der Waals surface area contributed by atoms with Gasteiger partial charge in [-0.25, -0.2) is 9.59 Å². The Kier molecular flexibility index (Phi) is 7.07. The van der Waals surface area contributed by atoms with Crippen LogP contribution < -0.4 is 21.0 Å². The lowest BCUT2D eigenvalue weighted by Crippen LogP contribution is -2.47. The quantitative estimate of drug-likeness (QED) is 0.738. The van der Waals surface area contributed by atoms with Gasteiger partial charge in [0, 0.05) is 0 Å². The minimum absolute atomic E-state index is 0.0782. The molecule has 1 aromatic heterocycles.